The van der Waals surface area contributed by atoms with E-state index in [9.17, 15) is 4.79 Å². The van der Waals surface area contributed by atoms with Crippen molar-refractivity contribution in [1.29, 1.82) is 0 Å². The zero-order valence-electron chi connectivity index (χ0n) is 13.9. The van der Waals surface area contributed by atoms with E-state index >= 15 is 0 Å². The van der Waals surface area contributed by atoms with Gasteiger partial charge in [-0.1, -0.05) is 23.7 Å². The Morgan fingerprint density at radius 1 is 1.12 bits per heavy atom. The van der Waals surface area contributed by atoms with E-state index in [2.05, 4.69) is 25.7 Å². The number of aromatic nitrogens is 2. The molecule has 6 nitrogen and oxygen atoms in total. The van der Waals surface area contributed by atoms with Crippen LogP contribution in [0.4, 0.5) is 5.82 Å². The molecule has 1 amide bonds. The van der Waals surface area contributed by atoms with Crippen molar-refractivity contribution in [2.45, 2.75) is 13.0 Å². The second kappa shape index (κ2) is 9.20. The Morgan fingerprint density at radius 3 is 2.50 bits per heavy atom. The van der Waals surface area contributed by atoms with Gasteiger partial charge in [-0.05, 0) is 56.9 Å². The molecule has 1 heterocycles. The molecule has 0 saturated heterocycles. The maximum absolute atomic E-state index is 12.1. The smallest absolute Gasteiger partial charge is 0.272 e. The van der Waals surface area contributed by atoms with Gasteiger partial charge in [-0.3, -0.25) is 4.79 Å². The molecular weight excluding hydrogens is 326 g/mol. The van der Waals surface area contributed by atoms with Gasteiger partial charge in [-0.25, -0.2) is 0 Å². The number of hydrogen-bond donors (Lipinski definition) is 2. The van der Waals surface area contributed by atoms with Crippen molar-refractivity contribution in [1.82, 2.24) is 20.4 Å². The van der Waals surface area contributed by atoms with E-state index in [1.54, 1.807) is 24.3 Å². The lowest BCUT2D eigenvalue weighted by atomic mass is 10.2. The lowest BCUT2D eigenvalue weighted by molar-refractivity contribution is 0.0945. The third kappa shape index (κ3) is 6.14. The summed E-state index contributed by atoms with van der Waals surface area (Å²) in [6.45, 7) is 2.24. The molecule has 2 aromatic rings. The number of hydrogen-bond acceptors (Lipinski definition) is 5. The summed E-state index contributed by atoms with van der Waals surface area (Å²) in [7, 11) is 4.08. The first-order chi connectivity index (χ1) is 11.5. The first-order valence-corrected chi connectivity index (χ1v) is 8.17. The monoisotopic (exact) mass is 347 g/mol. The van der Waals surface area contributed by atoms with E-state index in [1.165, 1.54) is 0 Å². The molecule has 2 N–H and O–H groups in total. The quantitative estimate of drug-likeness (QED) is 0.718. The molecule has 0 atom stereocenters. The summed E-state index contributed by atoms with van der Waals surface area (Å²) in [4.78, 5) is 14.2. The molecule has 1 aromatic heterocycles. The summed E-state index contributed by atoms with van der Waals surface area (Å²) in [5.41, 5.74) is 1.27. The minimum absolute atomic E-state index is 0.253. The van der Waals surface area contributed by atoms with Gasteiger partial charge in [-0.15, -0.1) is 10.2 Å². The zero-order valence-corrected chi connectivity index (χ0v) is 14.7. The first kappa shape index (κ1) is 18.2. The van der Waals surface area contributed by atoms with Gasteiger partial charge in [0, 0.05) is 18.1 Å². The number of carbonyl (C=O) groups excluding carboxylic acids is 1. The van der Waals surface area contributed by atoms with E-state index in [0.717, 1.165) is 25.1 Å². The standard InChI is InChI=1S/C17H22ClN5O/c1-23(2)11-3-10-19-16-9-8-15(21-22-16)17(24)20-12-13-4-6-14(18)7-5-13/h4-9H,3,10-12H2,1-2H3,(H,19,22)(H,20,24). The number of nitrogens with zero attached hydrogens (tertiary/aromatic N) is 3. The largest absolute Gasteiger partial charge is 0.369 e. The SMILES string of the molecule is CN(C)CCCNc1ccc(C(=O)NCc2ccc(Cl)cc2)nn1. The van der Waals surface area contributed by atoms with Crippen molar-refractivity contribution in [3.8, 4) is 0 Å². The second-order valence-corrected chi connectivity index (χ2v) is 6.13. The molecule has 128 valence electrons. The number of nitrogens with one attached hydrogen (secondary N) is 2. The number of halogens is 1. The van der Waals surface area contributed by atoms with Crippen molar-refractivity contribution < 1.29 is 4.79 Å². The Bertz CT molecular complexity index is 643. The number of carbonyl (C=O) groups is 1. The molecule has 0 aliphatic carbocycles. The number of anilines is 1. The first-order valence-electron chi connectivity index (χ1n) is 7.79. The third-order valence-electron chi connectivity index (χ3n) is 3.35. The second-order valence-electron chi connectivity index (χ2n) is 5.70. The van der Waals surface area contributed by atoms with Crippen LogP contribution in [0.1, 0.15) is 22.5 Å². The predicted octanol–water partition coefficient (Wildman–Crippen LogP) is 2.42. The van der Waals surface area contributed by atoms with Gasteiger partial charge in [0.25, 0.3) is 5.91 Å². The Balaban J connectivity index is 1.79. The molecule has 0 aliphatic rings. The molecular formula is C17H22ClN5O. The predicted molar refractivity (Wildman–Crippen MR) is 96.3 cm³/mol. The molecule has 0 fully saturated rings. The topological polar surface area (TPSA) is 70.2 Å². The van der Waals surface area contributed by atoms with Crippen molar-refractivity contribution in [2.75, 3.05) is 32.5 Å². The van der Waals surface area contributed by atoms with Gasteiger partial charge in [0.1, 0.15) is 5.82 Å². The number of benzene rings is 1. The molecule has 0 radical (unpaired) electrons. The molecule has 2 rings (SSSR count). The van der Waals surface area contributed by atoms with E-state index in [4.69, 9.17) is 11.6 Å². The highest BCUT2D eigenvalue weighted by molar-refractivity contribution is 6.30. The van der Waals surface area contributed by atoms with Crippen molar-refractivity contribution in [3.05, 3.63) is 52.7 Å². The molecule has 1 aromatic carbocycles. The fourth-order valence-corrected chi connectivity index (χ4v) is 2.16. The summed E-state index contributed by atoms with van der Waals surface area (Å²) in [5, 5.41) is 14.7. The summed E-state index contributed by atoms with van der Waals surface area (Å²) in [5.74, 6) is 0.416. The highest BCUT2D eigenvalue weighted by atomic mass is 35.5. The van der Waals surface area contributed by atoms with E-state index in [-0.39, 0.29) is 5.91 Å². The summed E-state index contributed by atoms with van der Waals surface area (Å²) >= 11 is 5.83. The minimum atomic E-state index is -0.253. The van der Waals surface area contributed by atoms with Crippen LogP contribution >= 0.6 is 11.6 Å². The Kier molecular flexibility index (Phi) is 6.96. The van der Waals surface area contributed by atoms with Gasteiger partial charge in [-0.2, -0.15) is 0 Å². The molecule has 7 heteroatoms. The summed E-state index contributed by atoms with van der Waals surface area (Å²) < 4.78 is 0. The molecule has 0 spiro atoms. The van der Waals surface area contributed by atoms with Crippen LogP contribution in [0, 0.1) is 0 Å². The Labute approximate surface area is 147 Å². The normalized spacial score (nSPS) is 10.7. The van der Waals surface area contributed by atoms with Crippen LogP contribution in [-0.4, -0.2) is 48.2 Å². The van der Waals surface area contributed by atoms with Crippen LogP contribution in [-0.2, 0) is 6.54 Å². The lowest BCUT2D eigenvalue weighted by Crippen LogP contribution is -2.24. The van der Waals surface area contributed by atoms with Crippen molar-refractivity contribution in [2.24, 2.45) is 0 Å². The van der Waals surface area contributed by atoms with Crippen molar-refractivity contribution >= 4 is 23.3 Å². The number of rotatable bonds is 8. The summed E-state index contributed by atoms with van der Waals surface area (Å²) in [6, 6.07) is 10.8. The average Bonchev–Trinajstić information content (AvgIpc) is 2.58. The van der Waals surface area contributed by atoms with Crippen LogP contribution < -0.4 is 10.6 Å². The van der Waals surface area contributed by atoms with Crippen LogP contribution in [0.2, 0.25) is 5.02 Å². The maximum atomic E-state index is 12.1. The van der Waals surface area contributed by atoms with Crippen LogP contribution in [0.5, 0.6) is 0 Å². The summed E-state index contributed by atoms with van der Waals surface area (Å²) in [6.07, 6.45) is 1.01. The molecule has 24 heavy (non-hydrogen) atoms. The Morgan fingerprint density at radius 2 is 1.88 bits per heavy atom. The van der Waals surface area contributed by atoms with Gasteiger partial charge in [0.05, 0.1) is 0 Å². The van der Waals surface area contributed by atoms with Crippen molar-refractivity contribution in [3.63, 3.8) is 0 Å². The molecule has 0 saturated carbocycles. The van der Waals surface area contributed by atoms with Crippen LogP contribution in [0.3, 0.4) is 0 Å². The highest BCUT2D eigenvalue weighted by Crippen LogP contribution is 2.09. The third-order valence-corrected chi connectivity index (χ3v) is 3.60. The fourth-order valence-electron chi connectivity index (χ4n) is 2.03. The highest BCUT2D eigenvalue weighted by Gasteiger charge is 2.08. The van der Waals surface area contributed by atoms with Crippen LogP contribution in [0.15, 0.2) is 36.4 Å². The molecule has 0 aliphatic heterocycles. The van der Waals surface area contributed by atoms with Gasteiger partial charge >= 0.3 is 0 Å². The maximum Gasteiger partial charge on any atom is 0.272 e. The lowest BCUT2D eigenvalue weighted by Gasteiger charge is -2.10. The zero-order chi connectivity index (χ0) is 17.4. The Hall–Kier alpha value is -2.18. The van der Waals surface area contributed by atoms with Gasteiger partial charge in [0.2, 0.25) is 0 Å². The fraction of sp³-hybridized carbons (Fsp3) is 0.353. The van der Waals surface area contributed by atoms with E-state index in [1.807, 2.05) is 26.2 Å². The molecule has 0 unspecified atom stereocenters. The minimum Gasteiger partial charge on any atom is -0.369 e. The van der Waals surface area contributed by atoms with E-state index in [0.29, 0.717) is 23.1 Å². The van der Waals surface area contributed by atoms with Gasteiger partial charge < -0.3 is 15.5 Å². The average molecular weight is 348 g/mol. The number of amides is 1. The van der Waals surface area contributed by atoms with E-state index < -0.39 is 0 Å². The van der Waals surface area contributed by atoms with Gasteiger partial charge in [0.15, 0.2) is 5.69 Å². The molecule has 0 bridgehead atoms. The van der Waals surface area contributed by atoms with Crippen LogP contribution in [0.25, 0.3) is 0 Å².